The Morgan fingerprint density at radius 2 is 1.60 bits per heavy atom. The molecule has 0 unspecified atom stereocenters. The smallest absolute Gasteiger partial charge is 0.235 e. The molecule has 1 aliphatic carbocycles. The van der Waals surface area contributed by atoms with Gasteiger partial charge in [-0.2, -0.15) is 0 Å². The highest BCUT2D eigenvalue weighted by Gasteiger charge is 2.56. The van der Waals surface area contributed by atoms with Crippen molar-refractivity contribution in [2.75, 3.05) is 6.54 Å². The average Bonchev–Trinajstić information content (AvgIpc) is 3.43. The lowest BCUT2D eigenvalue weighted by atomic mass is 10.0. The van der Waals surface area contributed by atoms with Gasteiger partial charge >= 0.3 is 0 Å². The van der Waals surface area contributed by atoms with Crippen LogP contribution in [-0.4, -0.2) is 18.4 Å². The van der Waals surface area contributed by atoms with Crippen molar-refractivity contribution in [2.24, 2.45) is 5.41 Å². The Bertz CT molecular complexity index is 752. The van der Waals surface area contributed by atoms with E-state index in [0.717, 1.165) is 17.5 Å². The SMILES string of the molecule is Cc1cccc(CNC(=O)C2(C(=O)NCCc3ccccc3)CC2)c1. The second-order valence-corrected chi connectivity index (χ2v) is 6.75. The van der Waals surface area contributed by atoms with Crippen molar-refractivity contribution in [1.82, 2.24) is 10.6 Å². The van der Waals surface area contributed by atoms with Gasteiger partial charge in [0.2, 0.25) is 11.8 Å². The van der Waals surface area contributed by atoms with E-state index in [4.69, 9.17) is 0 Å². The van der Waals surface area contributed by atoms with Crippen LogP contribution in [-0.2, 0) is 22.6 Å². The van der Waals surface area contributed by atoms with Gasteiger partial charge in [-0.05, 0) is 37.3 Å². The number of carbonyl (C=O) groups is 2. The number of hydrogen-bond donors (Lipinski definition) is 2. The molecule has 0 atom stereocenters. The maximum absolute atomic E-state index is 12.5. The summed E-state index contributed by atoms with van der Waals surface area (Å²) < 4.78 is 0. The predicted molar refractivity (Wildman–Crippen MR) is 97.8 cm³/mol. The summed E-state index contributed by atoms with van der Waals surface area (Å²) in [6.07, 6.45) is 2.03. The Kier molecular flexibility index (Phi) is 5.17. The van der Waals surface area contributed by atoms with Gasteiger partial charge in [0.1, 0.15) is 5.41 Å². The van der Waals surface area contributed by atoms with Crippen molar-refractivity contribution in [1.29, 1.82) is 0 Å². The molecule has 0 aliphatic heterocycles. The molecule has 2 aromatic rings. The zero-order chi connectivity index (χ0) is 17.7. The lowest BCUT2D eigenvalue weighted by molar-refractivity contribution is -0.137. The Morgan fingerprint density at radius 3 is 2.28 bits per heavy atom. The number of amides is 2. The molecule has 4 nitrogen and oxygen atoms in total. The standard InChI is InChI=1S/C21H24N2O2/c1-16-6-5-9-18(14-16)15-23-20(25)21(11-12-21)19(24)22-13-10-17-7-3-2-4-8-17/h2-9,14H,10-13,15H2,1H3,(H,22,24)(H,23,25). The minimum absolute atomic E-state index is 0.148. The van der Waals surface area contributed by atoms with E-state index in [1.165, 1.54) is 5.56 Å². The maximum Gasteiger partial charge on any atom is 0.235 e. The van der Waals surface area contributed by atoms with Gasteiger partial charge in [-0.3, -0.25) is 9.59 Å². The first-order valence-electron chi connectivity index (χ1n) is 8.76. The monoisotopic (exact) mass is 336 g/mol. The summed E-state index contributed by atoms with van der Waals surface area (Å²) in [4.78, 5) is 24.9. The Morgan fingerprint density at radius 1 is 0.920 bits per heavy atom. The van der Waals surface area contributed by atoms with Gasteiger partial charge in [0.15, 0.2) is 0 Å². The van der Waals surface area contributed by atoms with Gasteiger partial charge < -0.3 is 10.6 Å². The van der Waals surface area contributed by atoms with Crippen LogP contribution in [0.15, 0.2) is 54.6 Å². The van der Waals surface area contributed by atoms with E-state index in [1.54, 1.807) is 0 Å². The molecule has 0 spiro atoms. The van der Waals surface area contributed by atoms with E-state index < -0.39 is 5.41 Å². The third-order valence-electron chi connectivity index (χ3n) is 4.70. The van der Waals surface area contributed by atoms with E-state index >= 15 is 0 Å². The number of nitrogens with one attached hydrogen (secondary N) is 2. The molecule has 0 heterocycles. The summed E-state index contributed by atoms with van der Waals surface area (Å²) in [5, 5.41) is 5.84. The van der Waals surface area contributed by atoms with Crippen molar-refractivity contribution in [3.05, 3.63) is 71.3 Å². The number of hydrogen-bond acceptors (Lipinski definition) is 2. The van der Waals surface area contributed by atoms with Crippen LogP contribution in [0.4, 0.5) is 0 Å². The summed E-state index contributed by atoms with van der Waals surface area (Å²) >= 11 is 0. The zero-order valence-corrected chi connectivity index (χ0v) is 14.5. The lowest BCUT2D eigenvalue weighted by Crippen LogP contribution is -2.43. The number of benzene rings is 2. The summed E-state index contributed by atoms with van der Waals surface area (Å²) in [5.41, 5.74) is 2.53. The maximum atomic E-state index is 12.5. The summed E-state index contributed by atoms with van der Waals surface area (Å²) in [5.74, 6) is -0.309. The van der Waals surface area contributed by atoms with Crippen molar-refractivity contribution in [3.8, 4) is 0 Å². The fraction of sp³-hybridized carbons (Fsp3) is 0.333. The predicted octanol–water partition coefficient (Wildman–Crippen LogP) is 2.75. The molecular formula is C21H24N2O2. The van der Waals surface area contributed by atoms with Crippen LogP contribution >= 0.6 is 0 Å². The molecule has 0 radical (unpaired) electrons. The highest BCUT2D eigenvalue weighted by atomic mass is 16.2. The largest absolute Gasteiger partial charge is 0.355 e. The number of aryl methyl sites for hydroxylation is 1. The Balaban J connectivity index is 1.48. The molecule has 1 saturated carbocycles. The van der Waals surface area contributed by atoms with Gasteiger partial charge in [0.05, 0.1) is 0 Å². The lowest BCUT2D eigenvalue weighted by Gasteiger charge is -2.15. The first-order chi connectivity index (χ1) is 12.1. The van der Waals surface area contributed by atoms with Crippen molar-refractivity contribution in [3.63, 3.8) is 0 Å². The second kappa shape index (κ2) is 7.51. The van der Waals surface area contributed by atoms with Crippen LogP contribution in [0.5, 0.6) is 0 Å². The van der Waals surface area contributed by atoms with Crippen LogP contribution in [0, 0.1) is 12.3 Å². The fourth-order valence-corrected chi connectivity index (χ4v) is 2.99. The van der Waals surface area contributed by atoms with Crippen molar-refractivity contribution < 1.29 is 9.59 Å². The van der Waals surface area contributed by atoms with Gasteiger partial charge in [-0.15, -0.1) is 0 Å². The first kappa shape index (κ1) is 17.2. The van der Waals surface area contributed by atoms with Crippen molar-refractivity contribution in [2.45, 2.75) is 32.7 Å². The molecule has 2 aromatic carbocycles. The van der Waals surface area contributed by atoms with Gasteiger partial charge in [0.25, 0.3) is 0 Å². The summed E-state index contributed by atoms with van der Waals surface area (Å²) in [6, 6.07) is 18.0. The zero-order valence-electron chi connectivity index (χ0n) is 14.5. The molecule has 2 N–H and O–H groups in total. The molecule has 1 fully saturated rings. The fourth-order valence-electron chi connectivity index (χ4n) is 2.99. The molecule has 130 valence electrons. The molecule has 2 amide bonds. The average molecular weight is 336 g/mol. The van der Waals surface area contributed by atoms with E-state index in [-0.39, 0.29) is 11.8 Å². The van der Waals surface area contributed by atoms with Crippen LogP contribution in [0.2, 0.25) is 0 Å². The Labute approximate surface area is 148 Å². The normalized spacial score (nSPS) is 14.6. The van der Waals surface area contributed by atoms with Gasteiger partial charge in [0, 0.05) is 13.1 Å². The number of rotatable bonds is 7. The minimum Gasteiger partial charge on any atom is -0.355 e. The van der Waals surface area contributed by atoms with Gasteiger partial charge in [-0.25, -0.2) is 0 Å². The van der Waals surface area contributed by atoms with Crippen LogP contribution < -0.4 is 10.6 Å². The van der Waals surface area contributed by atoms with Gasteiger partial charge in [-0.1, -0.05) is 60.2 Å². The second-order valence-electron chi connectivity index (χ2n) is 6.75. The van der Waals surface area contributed by atoms with E-state index in [9.17, 15) is 9.59 Å². The highest BCUT2D eigenvalue weighted by Crippen LogP contribution is 2.46. The number of carbonyl (C=O) groups excluding carboxylic acids is 2. The molecular weight excluding hydrogens is 312 g/mol. The molecule has 1 aliphatic rings. The van der Waals surface area contributed by atoms with Crippen LogP contribution in [0.1, 0.15) is 29.5 Å². The summed E-state index contributed by atoms with van der Waals surface area (Å²) in [6.45, 7) is 3.03. The van der Waals surface area contributed by atoms with E-state index in [0.29, 0.717) is 25.9 Å². The quantitative estimate of drug-likeness (QED) is 0.764. The van der Waals surface area contributed by atoms with Crippen molar-refractivity contribution >= 4 is 11.8 Å². The summed E-state index contributed by atoms with van der Waals surface area (Å²) in [7, 11) is 0. The third-order valence-corrected chi connectivity index (χ3v) is 4.70. The third kappa shape index (κ3) is 4.27. The highest BCUT2D eigenvalue weighted by molar-refractivity contribution is 6.07. The molecule has 25 heavy (non-hydrogen) atoms. The molecule has 0 bridgehead atoms. The topological polar surface area (TPSA) is 58.2 Å². The molecule has 0 saturated heterocycles. The van der Waals surface area contributed by atoms with E-state index in [1.807, 2.05) is 61.5 Å². The van der Waals surface area contributed by atoms with E-state index in [2.05, 4.69) is 10.6 Å². The van der Waals surface area contributed by atoms with Crippen LogP contribution in [0.25, 0.3) is 0 Å². The molecule has 4 heteroatoms. The molecule has 0 aromatic heterocycles. The molecule has 3 rings (SSSR count). The van der Waals surface area contributed by atoms with Crippen LogP contribution in [0.3, 0.4) is 0 Å². The Hall–Kier alpha value is -2.62. The first-order valence-corrected chi connectivity index (χ1v) is 8.76. The minimum atomic E-state index is -0.861.